The highest BCUT2D eigenvalue weighted by Crippen LogP contribution is 2.24. The van der Waals surface area contributed by atoms with Crippen LogP contribution < -0.4 is 11.1 Å². The van der Waals surface area contributed by atoms with Crippen molar-refractivity contribution >= 4 is 46.0 Å². The molecule has 100 valence electrons. The molecule has 0 spiro atoms. The fraction of sp³-hybridized carbons (Fsp3) is 0.250. The van der Waals surface area contributed by atoms with E-state index in [1.165, 1.54) is 0 Å². The van der Waals surface area contributed by atoms with Gasteiger partial charge in [-0.05, 0) is 24.6 Å². The Labute approximate surface area is 119 Å². The second-order valence-corrected chi connectivity index (χ2v) is 5.77. The topological polar surface area (TPSA) is 84.6 Å². The fourth-order valence-electron chi connectivity index (χ4n) is 1.63. The molecule has 5 nitrogen and oxygen atoms in total. The Morgan fingerprint density at radius 3 is 2.95 bits per heavy atom. The van der Waals surface area contributed by atoms with Gasteiger partial charge >= 0.3 is 0 Å². The molecule has 1 aromatic rings. The molecular formula is C12H12ClN3O2S. The zero-order valence-corrected chi connectivity index (χ0v) is 11.7. The van der Waals surface area contributed by atoms with Gasteiger partial charge in [-0.15, -0.1) is 0 Å². The number of aryl methyl sites for hydroxylation is 1. The standard InChI is InChI=1S/C12H12ClN3O2S/c1-6-2-3-7(13)4-8(6)15-10(17)5-9-11(18)16-12(14)19-9/h2-4,9H,5H2,1H3,(H,15,17)(H2,14,16,18). The number of carbonyl (C=O) groups is 2. The minimum Gasteiger partial charge on any atom is -0.378 e. The van der Waals surface area contributed by atoms with Gasteiger partial charge in [0.25, 0.3) is 5.91 Å². The Balaban J connectivity index is 1.99. The van der Waals surface area contributed by atoms with Crippen LogP contribution in [-0.4, -0.2) is 22.2 Å². The molecule has 0 aromatic heterocycles. The van der Waals surface area contributed by atoms with Gasteiger partial charge < -0.3 is 11.1 Å². The lowest BCUT2D eigenvalue weighted by molar-refractivity contribution is -0.121. The zero-order valence-electron chi connectivity index (χ0n) is 10.1. The van der Waals surface area contributed by atoms with E-state index in [1.54, 1.807) is 12.1 Å². The van der Waals surface area contributed by atoms with Crippen LogP contribution in [-0.2, 0) is 9.59 Å². The van der Waals surface area contributed by atoms with Crippen LogP contribution in [0.3, 0.4) is 0 Å². The number of halogens is 1. The molecule has 2 rings (SSSR count). The van der Waals surface area contributed by atoms with Gasteiger partial charge in [0, 0.05) is 17.1 Å². The minimum atomic E-state index is -0.528. The number of aliphatic imine (C=N–C) groups is 1. The first kappa shape index (κ1) is 13.9. The molecule has 1 aliphatic rings. The monoisotopic (exact) mass is 297 g/mol. The Morgan fingerprint density at radius 2 is 2.32 bits per heavy atom. The molecule has 2 amide bonds. The highest BCUT2D eigenvalue weighted by atomic mass is 35.5. The number of nitrogens with one attached hydrogen (secondary N) is 1. The second kappa shape index (κ2) is 5.63. The van der Waals surface area contributed by atoms with E-state index in [1.807, 2.05) is 13.0 Å². The van der Waals surface area contributed by atoms with Crippen LogP contribution in [0.4, 0.5) is 5.69 Å². The third-order valence-corrected chi connectivity index (χ3v) is 3.82. The highest BCUT2D eigenvalue weighted by molar-refractivity contribution is 8.15. The number of amides is 2. The van der Waals surface area contributed by atoms with Crippen LogP contribution in [0.1, 0.15) is 12.0 Å². The summed E-state index contributed by atoms with van der Waals surface area (Å²) in [5, 5.41) is 2.96. The third-order valence-electron chi connectivity index (χ3n) is 2.60. The summed E-state index contributed by atoms with van der Waals surface area (Å²) >= 11 is 6.98. The number of anilines is 1. The van der Waals surface area contributed by atoms with E-state index in [0.717, 1.165) is 17.3 Å². The van der Waals surface area contributed by atoms with E-state index < -0.39 is 5.25 Å². The van der Waals surface area contributed by atoms with Gasteiger partial charge in [-0.25, -0.2) is 0 Å². The van der Waals surface area contributed by atoms with Crippen LogP contribution in [0.25, 0.3) is 0 Å². The van der Waals surface area contributed by atoms with Gasteiger partial charge in [0.15, 0.2) is 5.17 Å². The normalized spacial score (nSPS) is 18.3. The summed E-state index contributed by atoms with van der Waals surface area (Å²) < 4.78 is 0. The van der Waals surface area contributed by atoms with Gasteiger partial charge in [0.1, 0.15) is 5.25 Å². The predicted octanol–water partition coefficient (Wildman–Crippen LogP) is 1.93. The van der Waals surface area contributed by atoms with Crippen LogP contribution in [0, 0.1) is 6.92 Å². The number of benzene rings is 1. The Hall–Kier alpha value is -1.53. The molecule has 0 saturated heterocycles. The lowest BCUT2D eigenvalue weighted by Gasteiger charge is -2.10. The van der Waals surface area contributed by atoms with Gasteiger partial charge in [-0.2, -0.15) is 4.99 Å². The molecule has 1 aromatic carbocycles. The van der Waals surface area contributed by atoms with Crippen LogP contribution in [0.2, 0.25) is 5.02 Å². The van der Waals surface area contributed by atoms with Crippen molar-refractivity contribution in [1.82, 2.24) is 0 Å². The molecule has 0 saturated carbocycles. The fourth-order valence-corrected chi connectivity index (χ4v) is 2.63. The zero-order chi connectivity index (χ0) is 14.0. The molecule has 7 heteroatoms. The van der Waals surface area contributed by atoms with Gasteiger partial charge in [-0.1, -0.05) is 29.4 Å². The van der Waals surface area contributed by atoms with E-state index in [0.29, 0.717) is 10.7 Å². The van der Waals surface area contributed by atoms with E-state index in [4.69, 9.17) is 17.3 Å². The summed E-state index contributed by atoms with van der Waals surface area (Å²) in [5.41, 5.74) is 6.97. The van der Waals surface area contributed by atoms with Gasteiger partial charge in [0.2, 0.25) is 5.91 Å². The number of nitrogens with two attached hydrogens (primary N) is 1. The Morgan fingerprint density at radius 1 is 1.58 bits per heavy atom. The lowest BCUT2D eigenvalue weighted by atomic mass is 10.2. The lowest BCUT2D eigenvalue weighted by Crippen LogP contribution is -2.22. The van der Waals surface area contributed by atoms with Crippen molar-refractivity contribution in [2.45, 2.75) is 18.6 Å². The first-order valence-electron chi connectivity index (χ1n) is 5.56. The molecule has 0 aliphatic carbocycles. The Bertz CT molecular complexity index is 574. The van der Waals surface area contributed by atoms with Crippen molar-refractivity contribution in [2.24, 2.45) is 10.7 Å². The molecule has 1 aliphatic heterocycles. The maximum absolute atomic E-state index is 11.9. The first-order valence-corrected chi connectivity index (χ1v) is 6.82. The van der Waals surface area contributed by atoms with E-state index in [9.17, 15) is 9.59 Å². The van der Waals surface area contributed by atoms with E-state index >= 15 is 0 Å². The summed E-state index contributed by atoms with van der Waals surface area (Å²) in [5.74, 6) is -0.624. The van der Waals surface area contributed by atoms with Crippen LogP contribution in [0.5, 0.6) is 0 Å². The SMILES string of the molecule is Cc1ccc(Cl)cc1NC(=O)CC1SC(N)=NC1=O. The molecule has 1 heterocycles. The van der Waals surface area contributed by atoms with Crippen molar-refractivity contribution in [3.63, 3.8) is 0 Å². The van der Waals surface area contributed by atoms with Crippen molar-refractivity contribution < 1.29 is 9.59 Å². The number of nitrogens with zero attached hydrogens (tertiary/aromatic N) is 1. The Kier molecular flexibility index (Phi) is 4.11. The molecule has 3 N–H and O–H groups in total. The average molecular weight is 298 g/mol. The maximum atomic E-state index is 11.9. The number of carbonyl (C=O) groups excluding carboxylic acids is 2. The molecule has 0 fully saturated rings. The third kappa shape index (κ3) is 3.48. The van der Waals surface area contributed by atoms with Crippen molar-refractivity contribution in [1.29, 1.82) is 0 Å². The molecule has 0 bridgehead atoms. The first-order chi connectivity index (χ1) is 8.95. The molecule has 19 heavy (non-hydrogen) atoms. The summed E-state index contributed by atoms with van der Waals surface area (Å²) in [7, 11) is 0. The maximum Gasteiger partial charge on any atom is 0.262 e. The number of hydrogen-bond acceptors (Lipinski definition) is 4. The smallest absolute Gasteiger partial charge is 0.262 e. The van der Waals surface area contributed by atoms with Crippen molar-refractivity contribution in [2.75, 3.05) is 5.32 Å². The van der Waals surface area contributed by atoms with Gasteiger partial charge in [0.05, 0.1) is 0 Å². The molecule has 1 unspecified atom stereocenters. The highest BCUT2D eigenvalue weighted by Gasteiger charge is 2.29. The van der Waals surface area contributed by atoms with E-state index in [2.05, 4.69) is 10.3 Å². The van der Waals surface area contributed by atoms with Crippen LogP contribution >= 0.6 is 23.4 Å². The number of hydrogen-bond donors (Lipinski definition) is 2. The minimum absolute atomic E-state index is 0.0413. The summed E-state index contributed by atoms with van der Waals surface area (Å²) in [6.45, 7) is 1.86. The summed E-state index contributed by atoms with van der Waals surface area (Å²) in [6, 6.07) is 5.23. The van der Waals surface area contributed by atoms with E-state index in [-0.39, 0.29) is 23.4 Å². The number of rotatable bonds is 3. The van der Waals surface area contributed by atoms with Gasteiger partial charge in [-0.3, -0.25) is 9.59 Å². The van der Waals surface area contributed by atoms with Crippen molar-refractivity contribution in [3.8, 4) is 0 Å². The number of thioether (sulfide) groups is 1. The summed E-state index contributed by atoms with van der Waals surface area (Å²) in [4.78, 5) is 26.9. The molecular weight excluding hydrogens is 286 g/mol. The number of amidine groups is 1. The quantitative estimate of drug-likeness (QED) is 0.893. The molecule has 0 radical (unpaired) electrons. The van der Waals surface area contributed by atoms with Crippen molar-refractivity contribution in [3.05, 3.63) is 28.8 Å². The second-order valence-electron chi connectivity index (χ2n) is 4.11. The van der Waals surface area contributed by atoms with Crippen LogP contribution in [0.15, 0.2) is 23.2 Å². The average Bonchev–Trinajstić information content (AvgIpc) is 2.62. The molecule has 1 atom stereocenters. The largest absolute Gasteiger partial charge is 0.378 e. The summed E-state index contributed by atoms with van der Waals surface area (Å²) in [6.07, 6.45) is 0.0413. The predicted molar refractivity (Wildman–Crippen MR) is 77.4 cm³/mol.